The maximum atomic E-state index is 5.63. The third kappa shape index (κ3) is 10.1. The lowest BCUT2D eigenvalue weighted by Gasteiger charge is -2.09. The van der Waals surface area contributed by atoms with E-state index in [1.165, 1.54) is 24.8 Å². The quantitative estimate of drug-likeness (QED) is 0.330. The number of allylic oxidation sites excluding steroid dienone is 3. The van der Waals surface area contributed by atoms with E-state index in [1.807, 2.05) is 19.2 Å². The van der Waals surface area contributed by atoms with Gasteiger partial charge in [-0.1, -0.05) is 30.9 Å². The summed E-state index contributed by atoms with van der Waals surface area (Å²) in [5.41, 5.74) is 1.20. The van der Waals surface area contributed by atoms with Crippen molar-refractivity contribution in [3.8, 4) is 0 Å². The van der Waals surface area contributed by atoms with Crippen LogP contribution in [0.1, 0.15) is 38.5 Å². The third-order valence-electron chi connectivity index (χ3n) is 3.70. The molecule has 0 aromatic heterocycles. The fourth-order valence-corrected chi connectivity index (χ4v) is 2.40. The average molecular weight is 319 g/mol. The molecule has 1 aliphatic rings. The molecule has 0 saturated carbocycles. The molecule has 0 fully saturated rings. The molecule has 0 spiro atoms. The highest BCUT2D eigenvalue weighted by molar-refractivity contribution is 5.98. The summed E-state index contributed by atoms with van der Waals surface area (Å²) >= 11 is 0. The van der Waals surface area contributed by atoms with Crippen LogP contribution < -0.4 is 10.6 Å². The van der Waals surface area contributed by atoms with Gasteiger partial charge >= 0.3 is 0 Å². The molecule has 1 rings (SSSR count). The smallest absolute Gasteiger partial charge is 0.124 e. The van der Waals surface area contributed by atoms with Crippen LogP contribution in [0, 0.1) is 0 Å². The Bertz CT molecular complexity index is 399. The Morgan fingerprint density at radius 3 is 3.04 bits per heavy atom. The fourth-order valence-electron chi connectivity index (χ4n) is 2.40. The van der Waals surface area contributed by atoms with E-state index in [9.17, 15) is 0 Å². The zero-order valence-electron chi connectivity index (χ0n) is 14.7. The van der Waals surface area contributed by atoms with E-state index in [-0.39, 0.29) is 0 Å². The second-order valence-corrected chi connectivity index (χ2v) is 5.71. The van der Waals surface area contributed by atoms with Crippen molar-refractivity contribution in [2.45, 2.75) is 38.5 Å². The molecule has 2 N–H and O–H groups in total. The van der Waals surface area contributed by atoms with E-state index in [4.69, 9.17) is 4.74 Å². The van der Waals surface area contributed by atoms with E-state index in [0.717, 1.165) is 51.3 Å². The van der Waals surface area contributed by atoms with Crippen molar-refractivity contribution in [1.82, 2.24) is 10.6 Å². The van der Waals surface area contributed by atoms with Crippen LogP contribution in [0.2, 0.25) is 0 Å². The molecule has 4 heteroatoms. The molecule has 0 unspecified atom stereocenters. The van der Waals surface area contributed by atoms with Gasteiger partial charge in [-0.2, -0.15) is 0 Å². The average Bonchev–Trinajstić information content (AvgIpc) is 2.85. The summed E-state index contributed by atoms with van der Waals surface area (Å²) in [6.07, 6.45) is 14.9. The third-order valence-corrected chi connectivity index (χ3v) is 3.70. The fraction of sp³-hybridized carbons (Fsp3) is 0.632. The molecule has 0 aliphatic carbocycles. The van der Waals surface area contributed by atoms with Crippen LogP contribution in [0.15, 0.2) is 41.4 Å². The normalized spacial score (nSPS) is 16.0. The summed E-state index contributed by atoms with van der Waals surface area (Å²) in [5, 5.41) is 6.57. The first-order valence-corrected chi connectivity index (χ1v) is 8.86. The lowest BCUT2D eigenvalue weighted by Crippen LogP contribution is -2.25. The van der Waals surface area contributed by atoms with Crippen LogP contribution in [0.3, 0.4) is 0 Å². The Morgan fingerprint density at radius 2 is 2.22 bits per heavy atom. The second kappa shape index (κ2) is 14.2. The number of ether oxygens (including phenoxy) is 1. The van der Waals surface area contributed by atoms with Crippen molar-refractivity contribution < 1.29 is 4.74 Å². The van der Waals surface area contributed by atoms with E-state index in [1.54, 1.807) is 0 Å². The summed E-state index contributed by atoms with van der Waals surface area (Å²) in [6.45, 7) is 8.35. The van der Waals surface area contributed by atoms with Gasteiger partial charge in [0.25, 0.3) is 0 Å². The molecule has 0 amide bonds. The van der Waals surface area contributed by atoms with Gasteiger partial charge in [0.15, 0.2) is 0 Å². The summed E-state index contributed by atoms with van der Waals surface area (Å²) in [7, 11) is 1.99. The molecule has 0 aromatic rings. The number of nitrogens with zero attached hydrogens (tertiary/aromatic N) is 1. The monoisotopic (exact) mass is 319 g/mol. The lowest BCUT2D eigenvalue weighted by atomic mass is 10.1. The highest BCUT2D eigenvalue weighted by Gasteiger charge is 2.07. The first kappa shape index (κ1) is 19.7. The molecular formula is C19H33N3O. The van der Waals surface area contributed by atoms with Crippen molar-refractivity contribution in [1.29, 1.82) is 0 Å². The number of aliphatic imine (C=N–C) groups is 1. The van der Waals surface area contributed by atoms with Crippen LogP contribution in [0.4, 0.5) is 0 Å². The number of hydrogen-bond acceptors (Lipinski definition) is 4. The molecule has 23 heavy (non-hydrogen) atoms. The Hall–Kier alpha value is -1.39. The zero-order valence-corrected chi connectivity index (χ0v) is 14.7. The SMILES string of the molecule is C=C/C=C(\C/C=C\COCCCCCNC)C1=NCCCCN1. The van der Waals surface area contributed by atoms with Gasteiger partial charge in [-0.25, -0.2) is 0 Å². The largest absolute Gasteiger partial charge is 0.377 e. The molecule has 0 radical (unpaired) electrons. The summed E-state index contributed by atoms with van der Waals surface area (Å²) in [4.78, 5) is 4.63. The minimum Gasteiger partial charge on any atom is -0.377 e. The van der Waals surface area contributed by atoms with Crippen molar-refractivity contribution in [2.75, 3.05) is 39.9 Å². The van der Waals surface area contributed by atoms with Crippen LogP contribution in [0.25, 0.3) is 0 Å². The van der Waals surface area contributed by atoms with E-state index in [2.05, 4.69) is 34.4 Å². The maximum absolute atomic E-state index is 5.63. The Labute approximate surface area is 141 Å². The van der Waals surface area contributed by atoms with E-state index >= 15 is 0 Å². The van der Waals surface area contributed by atoms with Crippen molar-refractivity contribution in [3.63, 3.8) is 0 Å². The zero-order chi connectivity index (χ0) is 16.6. The standard InChI is InChI=1S/C19H33N3O/c1-3-11-18(19-21-14-7-8-15-22-19)12-5-10-17-23-16-9-4-6-13-20-2/h3,5,10-11,20H,1,4,6-9,12-17H2,2H3,(H,21,22)/b10-5-,18-11+. The number of nitrogens with one attached hydrogen (secondary N) is 2. The number of amidine groups is 1. The molecule has 0 atom stereocenters. The van der Waals surface area contributed by atoms with Gasteiger partial charge in [-0.05, 0) is 57.7 Å². The number of hydrogen-bond donors (Lipinski definition) is 2. The maximum Gasteiger partial charge on any atom is 0.124 e. The van der Waals surface area contributed by atoms with Gasteiger partial charge in [0.2, 0.25) is 0 Å². The Kier molecular flexibility index (Phi) is 12.2. The second-order valence-electron chi connectivity index (χ2n) is 5.71. The van der Waals surface area contributed by atoms with E-state index in [0.29, 0.717) is 6.61 Å². The first-order chi connectivity index (χ1) is 11.4. The van der Waals surface area contributed by atoms with Gasteiger partial charge in [-0.3, -0.25) is 4.99 Å². The van der Waals surface area contributed by atoms with Crippen molar-refractivity contribution >= 4 is 5.84 Å². The predicted molar refractivity (Wildman–Crippen MR) is 100 cm³/mol. The van der Waals surface area contributed by atoms with Gasteiger partial charge in [0, 0.05) is 19.7 Å². The highest BCUT2D eigenvalue weighted by atomic mass is 16.5. The van der Waals surface area contributed by atoms with Gasteiger partial charge in [0.05, 0.1) is 6.61 Å². The van der Waals surface area contributed by atoms with Gasteiger partial charge < -0.3 is 15.4 Å². The molecule has 1 heterocycles. The topological polar surface area (TPSA) is 45.6 Å². The Morgan fingerprint density at radius 1 is 1.30 bits per heavy atom. The van der Waals surface area contributed by atoms with Gasteiger partial charge in [-0.15, -0.1) is 0 Å². The molecule has 0 saturated heterocycles. The molecule has 4 nitrogen and oxygen atoms in total. The van der Waals surface area contributed by atoms with E-state index < -0.39 is 0 Å². The Balaban J connectivity index is 2.21. The van der Waals surface area contributed by atoms with Crippen molar-refractivity contribution in [3.05, 3.63) is 36.5 Å². The molecule has 130 valence electrons. The highest BCUT2D eigenvalue weighted by Crippen LogP contribution is 2.08. The van der Waals surface area contributed by atoms with Crippen molar-refractivity contribution in [2.24, 2.45) is 4.99 Å². The molecule has 0 bridgehead atoms. The van der Waals surface area contributed by atoms with Gasteiger partial charge in [0.1, 0.15) is 5.84 Å². The summed E-state index contributed by atoms with van der Waals surface area (Å²) in [5.74, 6) is 1.03. The van der Waals surface area contributed by atoms with Crippen LogP contribution in [-0.2, 0) is 4.74 Å². The lowest BCUT2D eigenvalue weighted by molar-refractivity contribution is 0.157. The minimum absolute atomic E-state index is 0.688. The number of rotatable bonds is 12. The van der Waals surface area contributed by atoms with Crippen LogP contribution in [-0.4, -0.2) is 45.7 Å². The molecular weight excluding hydrogens is 286 g/mol. The summed E-state index contributed by atoms with van der Waals surface area (Å²) < 4.78 is 5.63. The molecule has 0 aromatic carbocycles. The summed E-state index contributed by atoms with van der Waals surface area (Å²) in [6, 6.07) is 0. The predicted octanol–water partition coefficient (Wildman–Crippen LogP) is 3.23. The van der Waals surface area contributed by atoms with Crippen LogP contribution >= 0.6 is 0 Å². The minimum atomic E-state index is 0.688. The van der Waals surface area contributed by atoms with Crippen LogP contribution in [0.5, 0.6) is 0 Å². The first-order valence-electron chi connectivity index (χ1n) is 8.86. The number of unbranched alkanes of at least 4 members (excludes halogenated alkanes) is 2. The molecule has 1 aliphatic heterocycles.